The average Bonchev–Trinajstić information content (AvgIpc) is 2.60. The van der Waals surface area contributed by atoms with E-state index in [2.05, 4.69) is 24.3 Å². The SMILES string of the molecule is Cc1nn(C(C)C)c(Nc2ccc(Cl)cc2)c1N. The Hall–Kier alpha value is -1.68. The molecule has 3 N–H and O–H groups in total. The Labute approximate surface area is 112 Å². The molecule has 18 heavy (non-hydrogen) atoms. The monoisotopic (exact) mass is 264 g/mol. The van der Waals surface area contributed by atoms with Gasteiger partial charge in [-0.3, -0.25) is 0 Å². The largest absolute Gasteiger partial charge is 0.394 e. The topological polar surface area (TPSA) is 55.9 Å². The molecule has 0 aliphatic carbocycles. The van der Waals surface area contributed by atoms with E-state index >= 15 is 0 Å². The zero-order valence-corrected chi connectivity index (χ0v) is 11.5. The predicted molar refractivity (Wildman–Crippen MR) is 76.5 cm³/mol. The second-order valence-electron chi connectivity index (χ2n) is 4.52. The molecular formula is C13H17ClN4. The summed E-state index contributed by atoms with van der Waals surface area (Å²) in [6, 6.07) is 7.74. The lowest BCUT2D eigenvalue weighted by atomic mass is 10.3. The zero-order valence-electron chi connectivity index (χ0n) is 10.7. The number of aryl methyl sites for hydroxylation is 1. The molecule has 0 aliphatic rings. The molecule has 2 aromatic rings. The number of anilines is 3. The number of hydrogen-bond donors (Lipinski definition) is 2. The van der Waals surface area contributed by atoms with Crippen molar-refractivity contribution in [2.45, 2.75) is 26.8 Å². The van der Waals surface area contributed by atoms with Crippen LogP contribution >= 0.6 is 11.6 Å². The summed E-state index contributed by atoms with van der Waals surface area (Å²) in [5.74, 6) is 0.824. The molecule has 5 heteroatoms. The van der Waals surface area contributed by atoms with Gasteiger partial charge in [0.1, 0.15) is 0 Å². The van der Waals surface area contributed by atoms with Crippen LogP contribution in [0.15, 0.2) is 24.3 Å². The fraction of sp³-hybridized carbons (Fsp3) is 0.308. The van der Waals surface area contributed by atoms with Crippen LogP contribution in [0.4, 0.5) is 17.2 Å². The Kier molecular flexibility index (Phi) is 3.48. The highest BCUT2D eigenvalue weighted by Gasteiger charge is 2.14. The van der Waals surface area contributed by atoms with E-state index in [0.29, 0.717) is 10.7 Å². The van der Waals surface area contributed by atoms with Gasteiger partial charge in [0.15, 0.2) is 5.82 Å². The van der Waals surface area contributed by atoms with Crippen molar-refractivity contribution in [1.82, 2.24) is 9.78 Å². The molecule has 0 bridgehead atoms. The van der Waals surface area contributed by atoms with Crippen molar-refractivity contribution in [3.63, 3.8) is 0 Å². The fourth-order valence-electron chi connectivity index (χ4n) is 1.73. The standard InChI is InChI=1S/C13H17ClN4/c1-8(2)18-13(12(15)9(3)17-18)16-11-6-4-10(14)5-7-11/h4-8,16H,15H2,1-3H3. The number of nitrogen functional groups attached to an aromatic ring is 1. The highest BCUT2D eigenvalue weighted by atomic mass is 35.5. The van der Waals surface area contributed by atoms with E-state index in [1.54, 1.807) is 0 Å². The molecule has 0 saturated heterocycles. The van der Waals surface area contributed by atoms with Gasteiger partial charge in [0.25, 0.3) is 0 Å². The number of hydrogen-bond acceptors (Lipinski definition) is 3. The number of nitrogens with one attached hydrogen (secondary N) is 1. The Bertz CT molecular complexity index is 543. The summed E-state index contributed by atoms with van der Waals surface area (Å²) in [5, 5.41) is 8.42. The van der Waals surface area contributed by atoms with Gasteiger partial charge in [-0.1, -0.05) is 11.6 Å². The fourth-order valence-corrected chi connectivity index (χ4v) is 1.85. The number of aromatic nitrogens is 2. The van der Waals surface area contributed by atoms with Crippen LogP contribution in [0.2, 0.25) is 5.02 Å². The Morgan fingerprint density at radius 1 is 1.28 bits per heavy atom. The number of halogens is 1. The summed E-state index contributed by atoms with van der Waals surface area (Å²) in [6.45, 7) is 6.04. The average molecular weight is 265 g/mol. The molecule has 0 spiro atoms. The minimum atomic E-state index is 0.246. The number of nitrogens with zero attached hydrogens (tertiary/aromatic N) is 2. The summed E-state index contributed by atoms with van der Waals surface area (Å²) in [4.78, 5) is 0. The van der Waals surface area contributed by atoms with Gasteiger partial charge in [-0.25, -0.2) is 4.68 Å². The molecule has 0 radical (unpaired) electrons. The van der Waals surface area contributed by atoms with Crippen molar-refractivity contribution in [2.24, 2.45) is 0 Å². The molecule has 96 valence electrons. The number of rotatable bonds is 3. The van der Waals surface area contributed by atoms with Gasteiger partial charge in [-0.15, -0.1) is 0 Å². The quantitative estimate of drug-likeness (QED) is 0.888. The van der Waals surface area contributed by atoms with Crippen LogP contribution < -0.4 is 11.1 Å². The van der Waals surface area contributed by atoms with Gasteiger partial charge in [0, 0.05) is 16.8 Å². The van der Waals surface area contributed by atoms with Crippen molar-refractivity contribution >= 4 is 28.8 Å². The highest BCUT2D eigenvalue weighted by molar-refractivity contribution is 6.30. The first kappa shape index (κ1) is 12.8. The van der Waals surface area contributed by atoms with E-state index in [0.717, 1.165) is 17.2 Å². The molecule has 1 aromatic carbocycles. The van der Waals surface area contributed by atoms with E-state index in [9.17, 15) is 0 Å². The second kappa shape index (κ2) is 4.90. The Morgan fingerprint density at radius 3 is 2.44 bits per heavy atom. The van der Waals surface area contributed by atoms with Crippen LogP contribution in [0.5, 0.6) is 0 Å². The molecule has 0 unspecified atom stereocenters. The smallest absolute Gasteiger partial charge is 0.152 e. The molecule has 0 fully saturated rings. The third-order valence-electron chi connectivity index (χ3n) is 2.73. The maximum Gasteiger partial charge on any atom is 0.152 e. The van der Waals surface area contributed by atoms with Gasteiger partial charge in [0.2, 0.25) is 0 Å². The van der Waals surface area contributed by atoms with Gasteiger partial charge < -0.3 is 11.1 Å². The van der Waals surface area contributed by atoms with Crippen LogP contribution in [0.1, 0.15) is 25.6 Å². The van der Waals surface area contributed by atoms with Crippen LogP contribution in [0.3, 0.4) is 0 Å². The lowest BCUT2D eigenvalue weighted by molar-refractivity contribution is 0.536. The van der Waals surface area contributed by atoms with Gasteiger partial charge in [-0.2, -0.15) is 5.10 Å². The van der Waals surface area contributed by atoms with E-state index in [-0.39, 0.29) is 6.04 Å². The van der Waals surface area contributed by atoms with Gasteiger partial charge >= 0.3 is 0 Å². The zero-order chi connectivity index (χ0) is 13.3. The van der Waals surface area contributed by atoms with Gasteiger partial charge in [-0.05, 0) is 45.0 Å². The predicted octanol–water partition coefficient (Wildman–Crippen LogP) is 3.75. The van der Waals surface area contributed by atoms with Crippen LogP contribution in [0, 0.1) is 6.92 Å². The molecule has 4 nitrogen and oxygen atoms in total. The third-order valence-corrected chi connectivity index (χ3v) is 2.98. The lowest BCUT2D eigenvalue weighted by Gasteiger charge is -2.13. The van der Waals surface area contributed by atoms with E-state index < -0.39 is 0 Å². The normalized spacial score (nSPS) is 10.9. The molecule has 2 rings (SSSR count). The maximum atomic E-state index is 6.05. The van der Waals surface area contributed by atoms with Crippen molar-refractivity contribution in [3.8, 4) is 0 Å². The number of benzene rings is 1. The van der Waals surface area contributed by atoms with Crippen molar-refractivity contribution < 1.29 is 0 Å². The molecule has 0 saturated carbocycles. The van der Waals surface area contributed by atoms with E-state index in [1.807, 2.05) is 35.9 Å². The second-order valence-corrected chi connectivity index (χ2v) is 4.95. The minimum Gasteiger partial charge on any atom is -0.394 e. The minimum absolute atomic E-state index is 0.246. The van der Waals surface area contributed by atoms with E-state index in [1.165, 1.54) is 0 Å². The first-order chi connectivity index (χ1) is 8.49. The van der Waals surface area contributed by atoms with Crippen LogP contribution in [-0.4, -0.2) is 9.78 Å². The molecule has 0 aliphatic heterocycles. The van der Waals surface area contributed by atoms with Crippen LogP contribution in [-0.2, 0) is 0 Å². The van der Waals surface area contributed by atoms with Crippen LogP contribution in [0.25, 0.3) is 0 Å². The van der Waals surface area contributed by atoms with Crippen molar-refractivity contribution in [1.29, 1.82) is 0 Å². The molecule has 0 atom stereocenters. The van der Waals surface area contributed by atoms with Crippen molar-refractivity contribution in [3.05, 3.63) is 35.0 Å². The summed E-state index contributed by atoms with van der Waals surface area (Å²) < 4.78 is 1.89. The summed E-state index contributed by atoms with van der Waals surface area (Å²) >= 11 is 5.86. The molecule has 1 heterocycles. The van der Waals surface area contributed by atoms with Crippen molar-refractivity contribution in [2.75, 3.05) is 11.1 Å². The maximum absolute atomic E-state index is 6.05. The summed E-state index contributed by atoms with van der Waals surface area (Å²) in [5.41, 5.74) is 8.50. The highest BCUT2D eigenvalue weighted by Crippen LogP contribution is 2.29. The summed E-state index contributed by atoms with van der Waals surface area (Å²) in [7, 11) is 0. The summed E-state index contributed by atoms with van der Waals surface area (Å²) in [6.07, 6.45) is 0. The molecule has 1 aromatic heterocycles. The van der Waals surface area contributed by atoms with Gasteiger partial charge in [0.05, 0.1) is 11.4 Å². The molecular weight excluding hydrogens is 248 g/mol. The Morgan fingerprint density at radius 2 is 1.89 bits per heavy atom. The Balaban J connectivity index is 2.36. The van der Waals surface area contributed by atoms with E-state index in [4.69, 9.17) is 17.3 Å². The lowest BCUT2D eigenvalue weighted by Crippen LogP contribution is -2.08. The first-order valence-electron chi connectivity index (χ1n) is 5.86. The third kappa shape index (κ3) is 2.43. The number of nitrogens with two attached hydrogens (primary N) is 1. The molecule has 0 amide bonds. The first-order valence-corrected chi connectivity index (χ1v) is 6.24.